The number of fused-ring (bicyclic) bond motifs is 1. The smallest absolute Gasteiger partial charge is 0.198 e. The summed E-state index contributed by atoms with van der Waals surface area (Å²) in [5, 5.41) is 0. The zero-order valence-electron chi connectivity index (χ0n) is 5.40. The van der Waals surface area contributed by atoms with Crippen LogP contribution in [0.4, 0.5) is 0 Å². The molecule has 2 heterocycles. The lowest BCUT2D eigenvalue weighted by molar-refractivity contribution is 1.10. The van der Waals surface area contributed by atoms with Crippen LogP contribution in [0.25, 0.3) is 11.2 Å². The van der Waals surface area contributed by atoms with Gasteiger partial charge in [-0.2, -0.15) is 0 Å². The molecule has 0 radical (unpaired) electrons. The minimum atomic E-state index is 0.533. The van der Waals surface area contributed by atoms with Crippen LogP contribution in [0.5, 0.6) is 0 Å². The van der Waals surface area contributed by atoms with Crippen molar-refractivity contribution < 1.29 is 0 Å². The normalized spacial score (nSPS) is 10.3. The van der Waals surface area contributed by atoms with Crippen LogP contribution in [0.1, 0.15) is 0 Å². The first-order valence-electron chi connectivity index (χ1n) is 2.95. The fourth-order valence-electron chi connectivity index (χ4n) is 0.749. The van der Waals surface area contributed by atoms with Crippen molar-refractivity contribution in [1.29, 1.82) is 0 Å². The molecule has 11 heavy (non-hydrogen) atoms. The van der Waals surface area contributed by atoms with Gasteiger partial charge < -0.3 is 0 Å². The third-order valence-electron chi connectivity index (χ3n) is 1.20. The molecular formula is C6H3BrN4. The van der Waals surface area contributed by atoms with E-state index in [1.807, 2.05) is 0 Å². The van der Waals surface area contributed by atoms with Gasteiger partial charge in [-0.05, 0) is 15.9 Å². The Bertz CT molecular complexity index is 389. The molecule has 0 amide bonds. The summed E-state index contributed by atoms with van der Waals surface area (Å²) in [5.74, 6) is 0. The fourth-order valence-corrected chi connectivity index (χ4v) is 1.02. The number of aromatic nitrogens is 4. The van der Waals surface area contributed by atoms with E-state index in [2.05, 4.69) is 35.9 Å². The first-order valence-corrected chi connectivity index (χ1v) is 3.75. The van der Waals surface area contributed by atoms with Crippen LogP contribution in [0.2, 0.25) is 0 Å². The van der Waals surface area contributed by atoms with Gasteiger partial charge in [0.15, 0.2) is 10.4 Å². The van der Waals surface area contributed by atoms with Gasteiger partial charge in [-0.3, -0.25) is 0 Å². The number of halogens is 1. The van der Waals surface area contributed by atoms with E-state index >= 15 is 0 Å². The van der Waals surface area contributed by atoms with Gasteiger partial charge in [0, 0.05) is 12.4 Å². The largest absolute Gasteiger partial charge is 0.250 e. The lowest BCUT2D eigenvalue weighted by Crippen LogP contribution is -1.88. The first-order chi connectivity index (χ1) is 5.36. The molecule has 0 aliphatic carbocycles. The molecule has 5 heteroatoms. The molecule has 4 nitrogen and oxygen atoms in total. The Hall–Kier alpha value is -1.10. The van der Waals surface area contributed by atoms with Gasteiger partial charge in [0.2, 0.25) is 0 Å². The van der Waals surface area contributed by atoms with E-state index in [0.717, 1.165) is 0 Å². The summed E-state index contributed by atoms with van der Waals surface area (Å²) < 4.78 is 0.533. The van der Waals surface area contributed by atoms with Crippen molar-refractivity contribution in [3.63, 3.8) is 0 Å². The summed E-state index contributed by atoms with van der Waals surface area (Å²) in [6.45, 7) is 0. The van der Waals surface area contributed by atoms with Gasteiger partial charge >= 0.3 is 0 Å². The topological polar surface area (TPSA) is 51.6 Å². The highest BCUT2D eigenvalue weighted by Gasteiger charge is 1.96. The molecule has 2 rings (SSSR count). The maximum atomic E-state index is 4.01. The molecule has 0 fully saturated rings. The van der Waals surface area contributed by atoms with Crippen molar-refractivity contribution in [1.82, 2.24) is 19.9 Å². The third kappa shape index (κ3) is 1.19. The zero-order chi connectivity index (χ0) is 7.68. The lowest BCUT2D eigenvalue weighted by Gasteiger charge is -1.92. The molecule has 0 spiro atoms. The molecule has 0 saturated carbocycles. The molecule has 2 aromatic rings. The summed E-state index contributed by atoms with van der Waals surface area (Å²) in [7, 11) is 0. The van der Waals surface area contributed by atoms with Gasteiger partial charge in [-0.15, -0.1) is 0 Å². The van der Waals surface area contributed by atoms with E-state index in [0.29, 0.717) is 15.9 Å². The second-order valence-electron chi connectivity index (χ2n) is 1.90. The molecule has 0 bridgehead atoms. The second kappa shape index (κ2) is 2.50. The summed E-state index contributed by atoms with van der Waals surface area (Å²) in [5.41, 5.74) is 1.31. The van der Waals surface area contributed by atoms with Gasteiger partial charge in [0.05, 0.1) is 6.20 Å². The van der Waals surface area contributed by atoms with Gasteiger partial charge in [0.25, 0.3) is 0 Å². The Labute approximate surface area is 70.9 Å². The molecule has 0 aliphatic rings. The molecular weight excluding hydrogens is 208 g/mol. The Morgan fingerprint density at radius 3 is 2.82 bits per heavy atom. The maximum Gasteiger partial charge on any atom is 0.198 e. The number of hydrogen-bond donors (Lipinski definition) is 0. The molecule has 0 N–H and O–H groups in total. The molecule has 0 aromatic carbocycles. The van der Waals surface area contributed by atoms with Crippen LogP contribution in [0.3, 0.4) is 0 Å². The minimum absolute atomic E-state index is 0.533. The maximum absolute atomic E-state index is 4.01. The highest BCUT2D eigenvalue weighted by atomic mass is 79.9. The van der Waals surface area contributed by atoms with E-state index in [1.165, 1.54) is 0 Å². The van der Waals surface area contributed by atoms with E-state index in [-0.39, 0.29) is 0 Å². The van der Waals surface area contributed by atoms with Crippen molar-refractivity contribution in [2.75, 3.05) is 0 Å². The van der Waals surface area contributed by atoms with Crippen molar-refractivity contribution in [3.05, 3.63) is 23.3 Å². The van der Waals surface area contributed by atoms with E-state index < -0.39 is 0 Å². The summed E-state index contributed by atoms with van der Waals surface area (Å²) in [6.07, 6.45) is 4.83. The molecule has 0 aliphatic heterocycles. The Morgan fingerprint density at radius 2 is 1.91 bits per heavy atom. The first kappa shape index (κ1) is 6.60. The monoisotopic (exact) mass is 210 g/mol. The number of hydrogen-bond acceptors (Lipinski definition) is 4. The lowest BCUT2D eigenvalue weighted by atomic mass is 10.5. The third-order valence-corrected chi connectivity index (χ3v) is 1.58. The van der Waals surface area contributed by atoms with Crippen molar-refractivity contribution in [3.8, 4) is 0 Å². The highest BCUT2D eigenvalue weighted by molar-refractivity contribution is 9.10. The summed E-state index contributed by atoms with van der Waals surface area (Å²) in [6, 6.07) is 0. The SMILES string of the molecule is Brc1ncc2nccnc2n1. The van der Waals surface area contributed by atoms with Crippen LogP contribution < -0.4 is 0 Å². The van der Waals surface area contributed by atoms with Crippen LogP contribution in [-0.4, -0.2) is 19.9 Å². The standard InChI is InChI=1S/C6H3BrN4/c7-6-10-3-4-5(11-6)9-2-1-8-4/h1-3H. The van der Waals surface area contributed by atoms with Crippen LogP contribution in [-0.2, 0) is 0 Å². The Kier molecular flexibility index (Phi) is 1.50. The quantitative estimate of drug-likeness (QED) is 0.614. The summed E-state index contributed by atoms with van der Waals surface area (Å²) in [4.78, 5) is 15.9. The van der Waals surface area contributed by atoms with Crippen molar-refractivity contribution in [2.24, 2.45) is 0 Å². The molecule has 2 aromatic heterocycles. The predicted molar refractivity (Wildman–Crippen MR) is 42.8 cm³/mol. The van der Waals surface area contributed by atoms with Gasteiger partial charge in [-0.1, -0.05) is 0 Å². The number of nitrogens with zero attached hydrogens (tertiary/aromatic N) is 4. The molecule has 0 unspecified atom stereocenters. The van der Waals surface area contributed by atoms with Crippen LogP contribution >= 0.6 is 15.9 Å². The van der Waals surface area contributed by atoms with E-state index in [9.17, 15) is 0 Å². The summed E-state index contributed by atoms with van der Waals surface area (Å²) >= 11 is 3.14. The van der Waals surface area contributed by atoms with Gasteiger partial charge in [0.1, 0.15) is 5.52 Å². The average Bonchev–Trinajstić information content (AvgIpc) is 2.04. The Balaban J connectivity index is 2.83. The molecule has 0 saturated heterocycles. The highest BCUT2D eigenvalue weighted by Crippen LogP contribution is 2.06. The molecule has 0 atom stereocenters. The predicted octanol–water partition coefficient (Wildman–Crippen LogP) is 1.18. The van der Waals surface area contributed by atoms with Crippen molar-refractivity contribution >= 4 is 27.1 Å². The minimum Gasteiger partial charge on any atom is -0.250 e. The number of rotatable bonds is 0. The zero-order valence-corrected chi connectivity index (χ0v) is 6.98. The van der Waals surface area contributed by atoms with Crippen LogP contribution in [0.15, 0.2) is 23.3 Å². The Morgan fingerprint density at radius 1 is 1.09 bits per heavy atom. The van der Waals surface area contributed by atoms with E-state index in [1.54, 1.807) is 18.6 Å². The van der Waals surface area contributed by atoms with Crippen molar-refractivity contribution in [2.45, 2.75) is 0 Å². The van der Waals surface area contributed by atoms with Gasteiger partial charge in [-0.25, -0.2) is 19.9 Å². The molecule has 54 valence electrons. The van der Waals surface area contributed by atoms with E-state index in [4.69, 9.17) is 0 Å². The average molecular weight is 211 g/mol. The van der Waals surface area contributed by atoms with Crippen LogP contribution in [0, 0.1) is 0 Å². The second-order valence-corrected chi connectivity index (χ2v) is 2.61. The fraction of sp³-hybridized carbons (Fsp3) is 0.